The summed E-state index contributed by atoms with van der Waals surface area (Å²) in [5, 5.41) is 1.15. The fraction of sp³-hybridized carbons (Fsp3) is 0.333. The van der Waals surface area contributed by atoms with Gasteiger partial charge in [0.2, 0.25) is 5.78 Å². The van der Waals surface area contributed by atoms with Crippen LogP contribution in [0.2, 0.25) is 0 Å². The van der Waals surface area contributed by atoms with Crippen molar-refractivity contribution in [2.45, 2.75) is 25.4 Å². The number of carbonyl (C=O) groups is 2. The number of hydrogen-bond acceptors (Lipinski definition) is 5. The monoisotopic (exact) mass is 376 g/mol. The molecule has 1 unspecified atom stereocenters. The van der Waals surface area contributed by atoms with E-state index in [1.165, 1.54) is 44.1 Å². The molecule has 1 amide bonds. The molecule has 0 aliphatic carbocycles. The molecule has 0 saturated heterocycles. The van der Waals surface area contributed by atoms with Gasteiger partial charge in [0.15, 0.2) is 0 Å². The Hall–Kier alpha value is -2.94. The molecule has 3 rings (SSSR count). The van der Waals surface area contributed by atoms with E-state index in [4.69, 9.17) is 4.74 Å². The number of ketones is 1. The van der Waals surface area contributed by atoms with Crippen molar-refractivity contribution in [3.05, 3.63) is 59.5 Å². The molecule has 142 valence electrons. The van der Waals surface area contributed by atoms with Crippen molar-refractivity contribution >= 4 is 11.7 Å². The van der Waals surface area contributed by atoms with Crippen molar-refractivity contribution in [2.24, 2.45) is 0 Å². The van der Waals surface area contributed by atoms with E-state index >= 15 is 0 Å². The van der Waals surface area contributed by atoms with Gasteiger partial charge in [0.05, 0.1) is 12.3 Å². The number of ether oxygens (including phenoxy) is 1. The minimum atomic E-state index is -3.26. The SMILES string of the molecule is C/C=C/C(F)(F)c1ccc(C2C(=O)C(=O)N(C)n3ccnc32)c(COC)n1. The average Bonchev–Trinajstić information content (AvgIpc) is 3.10. The normalized spacial score (nSPS) is 17.7. The van der Waals surface area contributed by atoms with Gasteiger partial charge in [-0.3, -0.25) is 9.59 Å². The van der Waals surface area contributed by atoms with E-state index in [1.54, 1.807) is 6.20 Å². The Bertz CT molecular complexity index is 923. The van der Waals surface area contributed by atoms with Gasteiger partial charge in [0.25, 0.3) is 0 Å². The molecule has 1 aliphatic heterocycles. The molecule has 0 N–H and O–H groups in total. The Morgan fingerprint density at radius 1 is 1.33 bits per heavy atom. The van der Waals surface area contributed by atoms with Crippen molar-refractivity contribution in [1.29, 1.82) is 0 Å². The molecule has 0 aromatic carbocycles. The molecule has 27 heavy (non-hydrogen) atoms. The van der Waals surface area contributed by atoms with Crippen molar-refractivity contribution < 1.29 is 23.1 Å². The van der Waals surface area contributed by atoms with Crippen LogP contribution in [0.15, 0.2) is 36.7 Å². The van der Waals surface area contributed by atoms with Gasteiger partial charge >= 0.3 is 11.8 Å². The molecule has 0 fully saturated rings. The largest absolute Gasteiger partial charge is 0.378 e. The number of aromatic nitrogens is 3. The van der Waals surface area contributed by atoms with E-state index in [1.807, 2.05) is 0 Å². The number of nitrogens with zero attached hydrogens (tertiary/aromatic N) is 4. The number of amides is 1. The molecule has 1 aliphatic rings. The number of halogens is 2. The van der Waals surface area contributed by atoms with Gasteiger partial charge < -0.3 is 4.74 Å². The van der Waals surface area contributed by atoms with Gasteiger partial charge in [-0.25, -0.2) is 19.7 Å². The van der Waals surface area contributed by atoms with Crippen molar-refractivity contribution in [3.8, 4) is 0 Å². The quantitative estimate of drug-likeness (QED) is 0.588. The summed E-state index contributed by atoms with van der Waals surface area (Å²) >= 11 is 0. The van der Waals surface area contributed by atoms with Crippen molar-refractivity contribution in [1.82, 2.24) is 14.6 Å². The number of imidazole rings is 1. The number of methoxy groups -OCH3 is 1. The highest BCUT2D eigenvalue weighted by atomic mass is 19.3. The number of Topliss-reactive ketones (excluding diaryl/α,β-unsaturated/α-hetero) is 1. The number of likely N-dealkylation sites (N-methyl/N-ethyl adjacent to an activating group) is 1. The summed E-state index contributed by atoms with van der Waals surface area (Å²) in [6.07, 6.45) is 4.98. The third kappa shape index (κ3) is 3.14. The Morgan fingerprint density at radius 3 is 2.74 bits per heavy atom. The van der Waals surface area contributed by atoms with Crippen molar-refractivity contribution in [3.63, 3.8) is 0 Å². The molecule has 2 aromatic rings. The average molecular weight is 376 g/mol. The van der Waals surface area contributed by atoms with Crippen LogP contribution in [0.5, 0.6) is 0 Å². The van der Waals surface area contributed by atoms with Crippen LogP contribution in [-0.2, 0) is 26.9 Å². The summed E-state index contributed by atoms with van der Waals surface area (Å²) in [4.78, 5) is 33.2. The number of alkyl halides is 2. The Morgan fingerprint density at radius 2 is 2.07 bits per heavy atom. The van der Waals surface area contributed by atoms with E-state index in [0.29, 0.717) is 11.4 Å². The Kier molecular flexibility index (Phi) is 4.88. The zero-order valence-corrected chi connectivity index (χ0v) is 15.0. The van der Waals surface area contributed by atoms with E-state index in [9.17, 15) is 18.4 Å². The number of pyridine rings is 1. The summed E-state index contributed by atoms with van der Waals surface area (Å²) in [5.74, 6) is -5.42. The second-order valence-electron chi connectivity index (χ2n) is 6.04. The topological polar surface area (TPSA) is 77.3 Å². The van der Waals surface area contributed by atoms with Crippen LogP contribution in [0.4, 0.5) is 8.78 Å². The zero-order valence-electron chi connectivity index (χ0n) is 15.0. The molecule has 7 nitrogen and oxygen atoms in total. The maximum absolute atomic E-state index is 14.2. The fourth-order valence-corrected chi connectivity index (χ4v) is 3.05. The first-order chi connectivity index (χ1) is 12.8. The van der Waals surface area contributed by atoms with Gasteiger partial charge in [0, 0.05) is 26.6 Å². The second kappa shape index (κ2) is 6.99. The number of hydrogen-bond donors (Lipinski definition) is 0. The van der Waals surface area contributed by atoms with Gasteiger partial charge in [0.1, 0.15) is 17.4 Å². The maximum Gasteiger partial charge on any atom is 0.309 e. The number of carbonyl (C=O) groups excluding carboxylic acids is 2. The van der Waals surface area contributed by atoms with Crippen LogP contribution in [0.1, 0.15) is 35.6 Å². The molecule has 0 bridgehead atoms. The summed E-state index contributed by atoms with van der Waals surface area (Å²) < 4.78 is 34.9. The summed E-state index contributed by atoms with van der Waals surface area (Å²) in [6.45, 7) is 1.39. The van der Waals surface area contributed by atoms with Gasteiger partial charge in [-0.1, -0.05) is 12.1 Å². The minimum Gasteiger partial charge on any atom is -0.378 e. The lowest BCUT2D eigenvalue weighted by Gasteiger charge is -2.30. The number of rotatable bonds is 5. The van der Waals surface area contributed by atoms with Crippen LogP contribution < -0.4 is 5.01 Å². The Balaban J connectivity index is 2.15. The highest BCUT2D eigenvalue weighted by Crippen LogP contribution is 2.34. The summed E-state index contributed by atoms with van der Waals surface area (Å²) in [5.41, 5.74) is 0.00616. The van der Waals surface area contributed by atoms with Crippen LogP contribution in [0.3, 0.4) is 0 Å². The smallest absolute Gasteiger partial charge is 0.309 e. The summed E-state index contributed by atoms with van der Waals surface area (Å²) in [7, 11) is 2.85. The standard InChI is InChI=1S/C18H18F2N4O3/c1-4-7-18(19,20)13-6-5-11(12(22-13)10-27-3)14-15(25)17(26)23(2)24-9-8-21-16(14)24/h4-9,14H,10H2,1-3H3/b7-4+. The zero-order chi connectivity index (χ0) is 19.8. The third-order valence-electron chi connectivity index (χ3n) is 4.32. The minimum absolute atomic E-state index is 0.0936. The van der Waals surface area contributed by atoms with E-state index in [-0.39, 0.29) is 12.3 Å². The fourth-order valence-electron chi connectivity index (χ4n) is 3.05. The molecule has 0 spiro atoms. The second-order valence-corrected chi connectivity index (χ2v) is 6.04. The maximum atomic E-state index is 14.2. The lowest BCUT2D eigenvalue weighted by atomic mass is 9.90. The third-order valence-corrected chi connectivity index (χ3v) is 4.32. The van der Waals surface area contributed by atoms with Crippen LogP contribution in [-0.4, -0.2) is 40.5 Å². The summed E-state index contributed by atoms with van der Waals surface area (Å²) in [6, 6.07) is 2.53. The predicted octanol–water partition coefficient (Wildman–Crippen LogP) is 1.90. The predicted molar refractivity (Wildman–Crippen MR) is 91.9 cm³/mol. The molecule has 1 atom stereocenters. The van der Waals surface area contributed by atoms with Gasteiger partial charge in [-0.15, -0.1) is 0 Å². The van der Waals surface area contributed by atoms with Crippen molar-refractivity contribution in [2.75, 3.05) is 19.2 Å². The number of fused-ring (bicyclic) bond motifs is 1. The lowest BCUT2D eigenvalue weighted by Crippen LogP contribution is -2.49. The molecule has 0 saturated carbocycles. The van der Waals surface area contributed by atoms with Gasteiger partial charge in [-0.2, -0.15) is 8.78 Å². The first-order valence-corrected chi connectivity index (χ1v) is 8.18. The molecular formula is C18H18F2N4O3. The first-order valence-electron chi connectivity index (χ1n) is 8.18. The molecule has 0 radical (unpaired) electrons. The lowest BCUT2D eigenvalue weighted by molar-refractivity contribution is -0.138. The van der Waals surface area contributed by atoms with Gasteiger partial charge in [-0.05, 0) is 24.6 Å². The highest BCUT2D eigenvalue weighted by molar-refractivity contribution is 6.42. The van der Waals surface area contributed by atoms with E-state index in [0.717, 1.165) is 17.2 Å². The van der Waals surface area contributed by atoms with Crippen LogP contribution >= 0.6 is 0 Å². The Labute approximate surface area is 154 Å². The molecular weight excluding hydrogens is 358 g/mol. The first kappa shape index (κ1) is 18.8. The van der Waals surface area contributed by atoms with E-state index in [2.05, 4.69) is 9.97 Å². The van der Waals surface area contributed by atoms with E-state index < -0.39 is 29.2 Å². The van der Waals surface area contributed by atoms with Crippen LogP contribution in [0, 0.1) is 0 Å². The molecule has 2 aromatic heterocycles. The van der Waals surface area contributed by atoms with Crippen LogP contribution in [0.25, 0.3) is 0 Å². The number of allylic oxidation sites excluding steroid dienone is 2. The highest BCUT2D eigenvalue weighted by Gasteiger charge is 2.41. The molecule has 9 heteroatoms. The molecule has 3 heterocycles.